The minimum absolute atomic E-state index is 0.0168. The van der Waals surface area contributed by atoms with Crippen molar-refractivity contribution in [2.45, 2.75) is 65.4 Å². The van der Waals surface area contributed by atoms with Crippen LogP contribution in [-0.2, 0) is 31.0 Å². The van der Waals surface area contributed by atoms with Gasteiger partial charge >= 0.3 is 6.18 Å². The molecule has 1 heterocycles. The second kappa shape index (κ2) is 8.99. The average Bonchev–Trinajstić information content (AvgIpc) is 3.80. The van der Waals surface area contributed by atoms with Gasteiger partial charge in [0.2, 0.25) is 11.8 Å². The van der Waals surface area contributed by atoms with Gasteiger partial charge in [-0.1, -0.05) is 35.9 Å². The Labute approximate surface area is 222 Å². The van der Waals surface area contributed by atoms with E-state index in [-0.39, 0.29) is 22.9 Å². The maximum Gasteiger partial charge on any atom is 0.416 e. The number of sulfone groups is 1. The summed E-state index contributed by atoms with van der Waals surface area (Å²) in [6.45, 7) is -0.285. The second-order valence-corrected chi connectivity index (χ2v) is 12.8. The zero-order valence-corrected chi connectivity index (χ0v) is 21.5. The third kappa shape index (κ3) is 4.54. The number of amides is 2. The Morgan fingerprint density at radius 2 is 1.68 bits per heavy atom. The van der Waals surface area contributed by atoms with E-state index in [1.165, 1.54) is 35.2 Å². The van der Waals surface area contributed by atoms with Crippen LogP contribution in [0.15, 0.2) is 53.4 Å². The average molecular weight is 566 g/mol. The topological polar surface area (TPSA) is 107 Å². The predicted octanol–water partition coefficient (Wildman–Crippen LogP) is 4.01. The number of nitriles is 1. The van der Waals surface area contributed by atoms with Gasteiger partial charge in [-0.2, -0.15) is 18.4 Å². The highest BCUT2D eigenvalue weighted by Gasteiger charge is 2.58. The van der Waals surface area contributed by atoms with E-state index in [1.54, 1.807) is 6.07 Å². The molecule has 0 unspecified atom stereocenters. The number of carbonyl (C=O) groups is 2. The van der Waals surface area contributed by atoms with Gasteiger partial charge in [0.1, 0.15) is 11.6 Å². The summed E-state index contributed by atoms with van der Waals surface area (Å²) >= 11 is 6.15. The van der Waals surface area contributed by atoms with Crippen LogP contribution in [0.25, 0.3) is 0 Å². The Morgan fingerprint density at radius 1 is 1.05 bits per heavy atom. The summed E-state index contributed by atoms with van der Waals surface area (Å²) < 4.78 is 66.2. The Kier molecular flexibility index (Phi) is 6.27. The molecule has 0 aromatic heterocycles. The molecular weight excluding hydrogens is 543 g/mol. The van der Waals surface area contributed by atoms with Gasteiger partial charge in [0.15, 0.2) is 9.84 Å². The van der Waals surface area contributed by atoms with Crippen molar-refractivity contribution >= 4 is 33.3 Å². The van der Waals surface area contributed by atoms with Crippen molar-refractivity contribution in [2.24, 2.45) is 0 Å². The van der Waals surface area contributed by atoms with Gasteiger partial charge in [0.05, 0.1) is 32.2 Å². The lowest BCUT2D eigenvalue weighted by atomic mass is 9.93. The molecule has 3 fully saturated rings. The van der Waals surface area contributed by atoms with Crippen LogP contribution in [0, 0.1) is 11.3 Å². The first kappa shape index (κ1) is 26.5. The molecule has 0 bridgehead atoms. The van der Waals surface area contributed by atoms with Crippen LogP contribution in [0.1, 0.15) is 43.2 Å². The third-order valence-corrected chi connectivity index (χ3v) is 10.3. The number of likely N-dealkylation sites (tertiary alicyclic amines) is 1. The first-order chi connectivity index (χ1) is 17.8. The smallest absolute Gasteiger partial charge is 0.336 e. The molecule has 0 spiro atoms. The van der Waals surface area contributed by atoms with Crippen LogP contribution in [0.5, 0.6) is 0 Å². The predicted molar refractivity (Wildman–Crippen MR) is 131 cm³/mol. The molecule has 1 N–H and O–H groups in total. The summed E-state index contributed by atoms with van der Waals surface area (Å²) in [6, 6.07) is 11.1. The van der Waals surface area contributed by atoms with Gasteiger partial charge in [0, 0.05) is 6.54 Å². The molecule has 3 aliphatic rings. The standard InChI is InChI=1S/C26H23ClF3N3O4S/c27-19-3-1-2-4-21(19)38(36,37)18-13-20(22(34)32-24(15-31)9-10-24)33(14-18)23(35)25(11-12-25)16-5-7-17(8-6-16)26(28,29)30/h1-8,18,20H,9-14H2,(H,32,34)/t18-,20+/m1/s1. The Balaban J connectivity index is 1.47. The van der Waals surface area contributed by atoms with E-state index in [2.05, 4.69) is 5.32 Å². The van der Waals surface area contributed by atoms with E-state index in [0.29, 0.717) is 31.2 Å². The number of carbonyl (C=O) groups excluding carboxylic acids is 2. The number of rotatable bonds is 6. The fourth-order valence-corrected chi connectivity index (χ4v) is 7.28. The van der Waals surface area contributed by atoms with Gasteiger partial charge in [0.25, 0.3) is 0 Å². The van der Waals surface area contributed by atoms with Crippen molar-refractivity contribution in [3.8, 4) is 6.07 Å². The Hall–Kier alpha value is -3.10. The summed E-state index contributed by atoms with van der Waals surface area (Å²) in [5.74, 6) is -1.14. The summed E-state index contributed by atoms with van der Waals surface area (Å²) in [7, 11) is -4.04. The molecule has 12 heteroatoms. The largest absolute Gasteiger partial charge is 0.416 e. The van der Waals surface area contributed by atoms with Gasteiger partial charge in [-0.05, 0) is 61.9 Å². The minimum Gasteiger partial charge on any atom is -0.336 e. The van der Waals surface area contributed by atoms with Gasteiger partial charge in [-0.25, -0.2) is 8.42 Å². The van der Waals surface area contributed by atoms with Crippen LogP contribution < -0.4 is 5.32 Å². The molecule has 2 aromatic carbocycles. The molecular formula is C26H23ClF3N3O4S. The van der Waals surface area contributed by atoms with Crippen molar-refractivity contribution in [3.05, 3.63) is 64.7 Å². The maximum absolute atomic E-state index is 13.9. The van der Waals surface area contributed by atoms with Crippen molar-refractivity contribution in [1.82, 2.24) is 10.2 Å². The monoisotopic (exact) mass is 565 g/mol. The highest BCUT2D eigenvalue weighted by molar-refractivity contribution is 7.92. The molecule has 200 valence electrons. The molecule has 0 radical (unpaired) electrons. The second-order valence-electron chi connectivity index (χ2n) is 10.1. The summed E-state index contributed by atoms with van der Waals surface area (Å²) in [5, 5.41) is 11.0. The molecule has 5 rings (SSSR count). The summed E-state index contributed by atoms with van der Waals surface area (Å²) in [6.07, 6.45) is -3.12. The van der Waals surface area contributed by atoms with Crippen LogP contribution in [0.2, 0.25) is 5.02 Å². The van der Waals surface area contributed by atoms with Crippen LogP contribution in [0.3, 0.4) is 0 Å². The highest BCUT2D eigenvalue weighted by atomic mass is 35.5. The first-order valence-corrected chi connectivity index (χ1v) is 14.0. The van der Waals surface area contributed by atoms with Gasteiger partial charge in [-0.15, -0.1) is 0 Å². The molecule has 1 aliphatic heterocycles. The van der Waals surface area contributed by atoms with Crippen LogP contribution in [0.4, 0.5) is 13.2 Å². The zero-order chi connectivity index (χ0) is 27.5. The van der Waals surface area contributed by atoms with E-state index in [0.717, 1.165) is 12.1 Å². The maximum atomic E-state index is 13.9. The number of halogens is 4. The van der Waals surface area contributed by atoms with Crippen LogP contribution in [-0.4, -0.2) is 48.5 Å². The zero-order valence-electron chi connectivity index (χ0n) is 20.0. The molecule has 2 amide bonds. The quantitative estimate of drug-likeness (QED) is 0.569. The normalized spacial score (nSPS) is 23.4. The lowest BCUT2D eigenvalue weighted by Gasteiger charge is -2.29. The van der Waals surface area contributed by atoms with Crippen molar-refractivity contribution in [1.29, 1.82) is 5.26 Å². The molecule has 38 heavy (non-hydrogen) atoms. The lowest BCUT2D eigenvalue weighted by molar-refractivity contribution is -0.140. The number of nitrogens with zero attached hydrogens (tertiary/aromatic N) is 2. The number of nitrogens with one attached hydrogen (secondary N) is 1. The van der Waals surface area contributed by atoms with E-state index in [9.17, 15) is 36.4 Å². The van der Waals surface area contributed by atoms with E-state index in [1.807, 2.05) is 6.07 Å². The molecule has 2 aliphatic carbocycles. The minimum atomic E-state index is -4.53. The van der Waals surface area contributed by atoms with E-state index in [4.69, 9.17) is 11.6 Å². The molecule has 1 saturated heterocycles. The fraction of sp³-hybridized carbons (Fsp3) is 0.423. The molecule has 2 aromatic rings. The fourth-order valence-electron chi connectivity index (χ4n) is 5.06. The first-order valence-electron chi connectivity index (χ1n) is 12.0. The number of benzene rings is 2. The van der Waals surface area contributed by atoms with Crippen LogP contribution >= 0.6 is 11.6 Å². The SMILES string of the molecule is N#CC1(NC(=O)[C@@H]2C[C@@H](S(=O)(=O)c3ccccc3Cl)CN2C(=O)C2(c3ccc(C(F)(F)F)cc3)CC2)CC1. The van der Waals surface area contributed by atoms with Crippen molar-refractivity contribution < 1.29 is 31.2 Å². The number of alkyl halides is 3. The van der Waals surface area contributed by atoms with Gasteiger partial charge < -0.3 is 10.2 Å². The van der Waals surface area contributed by atoms with Gasteiger partial charge in [-0.3, -0.25) is 9.59 Å². The molecule has 2 saturated carbocycles. The van der Waals surface area contributed by atoms with E-state index >= 15 is 0 Å². The number of hydrogen-bond acceptors (Lipinski definition) is 5. The Bertz CT molecular complexity index is 1450. The molecule has 2 atom stereocenters. The summed E-state index contributed by atoms with van der Waals surface area (Å²) in [4.78, 5) is 28.3. The third-order valence-electron chi connectivity index (χ3n) is 7.66. The van der Waals surface area contributed by atoms with E-state index < -0.39 is 55.6 Å². The Morgan fingerprint density at radius 3 is 2.21 bits per heavy atom. The highest BCUT2D eigenvalue weighted by Crippen LogP contribution is 2.51. The lowest BCUT2D eigenvalue weighted by Crippen LogP contribution is -2.51. The molecule has 7 nitrogen and oxygen atoms in total. The van der Waals surface area contributed by atoms with Crippen molar-refractivity contribution in [2.75, 3.05) is 6.54 Å². The number of hydrogen-bond donors (Lipinski definition) is 1. The summed E-state index contributed by atoms with van der Waals surface area (Å²) in [5.41, 5.74) is -2.64. The van der Waals surface area contributed by atoms with Crippen molar-refractivity contribution in [3.63, 3.8) is 0 Å².